The number of nitrogens with zero attached hydrogens (tertiary/aromatic N) is 3. The summed E-state index contributed by atoms with van der Waals surface area (Å²) in [5.41, 5.74) is 2.24. The molecule has 5 nitrogen and oxygen atoms in total. The minimum Gasteiger partial charge on any atom is -0.406 e. The van der Waals surface area contributed by atoms with Gasteiger partial charge in [-0.2, -0.15) is 0 Å². The zero-order chi connectivity index (χ0) is 17.4. The molecule has 2 heterocycles. The third-order valence-electron chi connectivity index (χ3n) is 3.84. The van der Waals surface area contributed by atoms with E-state index in [0.717, 1.165) is 23.1 Å². The molecule has 0 aliphatic carbocycles. The van der Waals surface area contributed by atoms with E-state index >= 15 is 0 Å². The third-order valence-corrected chi connectivity index (χ3v) is 3.84. The lowest BCUT2D eigenvalue weighted by molar-refractivity contribution is -0.274. The number of fused-ring (bicyclic) bond motifs is 1. The molecule has 1 aromatic heterocycles. The number of benzene rings is 2. The van der Waals surface area contributed by atoms with Crippen molar-refractivity contribution in [2.24, 2.45) is 4.99 Å². The van der Waals surface area contributed by atoms with E-state index in [-0.39, 0.29) is 5.75 Å². The Kier molecular flexibility index (Phi) is 3.60. The number of alkyl halides is 3. The van der Waals surface area contributed by atoms with E-state index in [2.05, 4.69) is 14.9 Å². The van der Waals surface area contributed by atoms with Gasteiger partial charge < -0.3 is 14.2 Å². The standard InChI is InChI=1S/C17H12F3N3O2/c18-17(19,20)24-13-4-1-11(2-5-13)12-3-6-15-14(9-12)16(22-25-15)23-8-7-21-10-23/h1-6,9-10H,7-8H2. The fourth-order valence-corrected chi connectivity index (χ4v) is 2.70. The van der Waals surface area contributed by atoms with Crippen LogP contribution in [0.3, 0.4) is 0 Å². The number of aromatic nitrogens is 1. The van der Waals surface area contributed by atoms with Gasteiger partial charge in [-0.25, -0.2) is 0 Å². The van der Waals surface area contributed by atoms with Gasteiger partial charge in [0.15, 0.2) is 11.4 Å². The molecule has 1 aliphatic rings. The number of hydrogen-bond donors (Lipinski definition) is 0. The molecular formula is C17H12F3N3O2. The van der Waals surface area contributed by atoms with Crippen LogP contribution in [0.25, 0.3) is 22.1 Å². The number of anilines is 1. The van der Waals surface area contributed by atoms with Gasteiger partial charge in [0.05, 0.1) is 18.3 Å². The van der Waals surface area contributed by atoms with Crippen molar-refractivity contribution in [1.82, 2.24) is 5.16 Å². The van der Waals surface area contributed by atoms with Crippen LogP contribution >= 0.6 is 0 Å². The fraction of sp³-hybridized carbons (Fsp3) is 0.176. The Morgan fingerprint density at radius 3 is 2.48 bits per heavy atom. The molecule has 0 atom stereocenters. The smallest absolute Gasteiger partial charge is 0.406 e. The zero-order valence-electron chi connectivity index (χ0n) is 12.8. The molecule has 0 amide bonds. The number of halogens is 3. The second kappa shape index (κ2) is 5.80. The quantitative estimate of drug-likeness (QED) is 0.711. The SMILES string of the molecule is FC(F)(F)Oc1ccc(-c2ccc3onc(N4C=NCC4)c3c2)cc1. The first-order chi connectivity index (χ1) is 12.0. The Labute approximate surface area is 140 Å². The van der Waals surface area contributed by atoms with Crippen LogP contribution in [0.2, 0.25) is 0 Å². The van der Waals surface area contributed by atoms with Crippen LogP contribution in [0.4, 0.5) is 19.0 Å². The summed E-state index contributed by atoms with van der Waals surface area (Å²) in [6, 6.07) is 11.2. The van der Waals surface area contributed by atoms with E-state index in [1.807, 2.05) is 17.0 Å². The Morgan fingerprint density at radius 2 is 1.80 bits per heavy atom. The Bertz CT molecular complexity index is 932. The predicted molar refractivity (Wildman–Crippen MR) is 86.8 cm³/mol. The highest BCUT2D eigenvalue weighted by Gasteiger charge is 2.31. The van der Waals surface area contributed by atoms with Crippen molar-refractivity contribution < 1.29 is 22.4 Å². The van der Waals surface area contributed by atoms with E-state index < -0.39 is 6.36 Å². The van der Waals surface area contributed by atoms with E-state index in [0.29, 0.717) is 17.9 Å². The lowest BCUT2D eigenvalue weighted by Gasteiger charge is -2.10. The molecule has 4 rings (SSSR count). The first kappa shape index (κ1) is 15.5. The maximum Gasteiger partial charge on any atom is 0.573 e. The lowest BCUT2D eigenvalue weighted by Crippen LogP contribution is -2.18. The van der Waals surface area contributed by atoms with Crippen molar-refractivity contribution in [2.75, 3.05) is 18.0 Å². The minimum atomic E-state index is -4.70. The molecule has 0 radical (unpaired) electrons. The van der Waals surface area contributed by atoms with Crippen LogP contribution < -0.4 is 9.64 Å². The number of hydrogen-bond acceptors (Lipinski definition) is 5. The molecule has 0 spiro atoms. The summed E-state index contributed by atoms with van der Waals surface area (Å²) in [5, 5.41) is 4.90. The molecule has 3 aromatic rings. The minimum absolute atomic E-state index is 0.253. The van der Waals surface area contributed by atoms with Crippen LogP contribution in [0.1, 0.15) is 0 Å². The first-order valence-electron chi connectivity index (χ1n) is 7.52. The second-order valence-corrected chi connectivity index (χ2v) is 5.50. The molecule has 0 fully saturated rings. The third kappa shape index (κ3) is 3.15. The van der Waals surface area contributed by atoms with E-state index in [4.69, 9.17) is 4.52 Å². The van der Waals surface area contributed by atoms with Crippen molar-refractivity contribution in [3.63, 3.8) is 0 Å². The largest absolute Gasteiger partial charge is 0.573 e. The number of ether oxygens (including phenoxy) is 1. The summed E-state index contributed by atoms with van der Waals surface area (Å²) in [6.45, 7) is 1.43. The monoisotopic (exact) mass is 347 g/mol. The highest BCUT2D eigenvalue weighted by atomic mass is 19.4. The summed E-state index contributed by atoms with van der Waals surface area (Å²) in [5.74, 6) is 0.423. The van der Waals surface area contributed by atoms with Gasteiger partial charge >= 0.3 is 6.36 Å². The molecule has 0 bridgehead atoms. The summed E-state index contributed by atoms with van der Waals surface area (Å²) in [4.78, 5) is 6.06. The topological polar surface area (TPSA) is 50.9 Å². The molecule has 25 heavy (non-hydrogen) atoms. The zero-order valence-corrected chi connectivity index (χ0v) is 12.8. The van der Waals surface area contributed by atoms with Crippen LogP contribution in [0.15, 0.2) is 52.0 Å². The van der Waals surface area contributed by atoms with Gasteiger partial charge in [-0.1, -0.05) is 23.4 Å². The van der Waals surface area contributed by atoms with Gasteiger partial charge in [-0.15, -0.1) is 13.2 Å². The number of aliphatic imine (C=N–C) groups is 1. The van der Waals surface area contributed by atoms with E-state index in [1.54, 1.807) is 24.5 Å². The Balaban J connectivity index is 1.67. The first-order valence-corrected chi connectivity index (χ1v) is 7.52. The number of rotatable bonds is 3. The van der Waals surface area contributed by atoms with E-state index in [9.17, 15) is 13.2 Å². The predicted octanol–water partition coefficient (Wildman–Crippen LogP) is 4.24. The molecule has 0 saturated heterocycles. The van der Waals surface area contributed by atoms with Gasteiger partial charge in [-0.05, 0) is 35.4 Å². The molecule has 8 heteroatoms. The van der Waals surface area contributed by atoms with Crippen molar-refractivity contribution in [2.45, 2.75) is 6.36 Å². The maximum atomic E-state index is 12.2. The van der Waals surface area contributed by atoms with Crippen molar-refractivity contribution in [1.29, 1.82) is 0 Å². The summed E-state index contributed by atoms with van der Waals surface area (Å²) in [6.07, 6.45) is -2.98. The summed E-state index contributed by atoms with van der Waals surface area (Å²) in [7, 11) is 0. The average Bonchev–Trinajstić information content (AvgIpc) is 3.22. The van der Waals surface area contributed by atoms with Crippen molar-refractivity contribution in [3.05, 3.63) is 42.5 Å². The molecule has 2 aromatic carbocycles. The van der Waals surface area contributed by atoms with Crippen LogP contribution in [-0.4, -0.2) is 30.9 Å². The Hall–Kier alpha value is -3.03. The Morgan fingerprint density at radius 1 is 1.04 bits per heavy atom. The van der Waals surface area contributed by atoms with Crippen molar-refractivity contribution in [3.8, 4) is 16.9 Å². The highest BCUT2D eigenvalue weighted by molar-refractivity contribution is 5.97. The molecule has 1 aliphatic heterocycles. The molecule has 128 valence electrons. The van der Waals surface area contributed by atoms with Gasteiger partial charge in [0.25, 0.3) is 0 Å². The maximum absolute atomic E-state index is 12.2. The van der Waals surface area contributed by atoms with Gasteiger partial charge in [0.1, 0.15) is 5.75 Å². The summed E-state index contributed by atoms with van der Waals surface area (Å²) < 4.78 is 45.9. The van der Waals surface area contributed by atoms with Crippen LogP contribution in [-0.2, 0) is 0 Å². The van der Waals surface area contributed by atoms with Crippen molar-refractivity contribution >= 4 is 23.1 Å². The lowest BCUT2D eigenvalue weighted by atomic mass is 10.0. The van der Waals surface area contributed by atoms with Gasteiger partial charge in [0.2, 0.25) is 0 Å². The molecule has 0 saturated carbocycles. The normalized spacial score (nSPS) is 14.4. The van der Waals surface area contributed by atoms with Crippen LogP contribution in [0, 0.1) is 0 Å². The second-order valence-electron chi connectivity index (χ2n) is 5.50. The average molecular weight is 347 g/mol. The molecule has 0 unspecified atom stereocenters. The fourth-order valence-electron chi connectivity index (χ4n) is 2.70. The molecular weight excluding hydrogens is 335 g/mol. The highest BCUT2D eigenvalue weighted by Crippen LogP contribution is 2.32. The van der Waals surface area contributed by atoms with Gasteiger partial charge in [-0.3, -0.25) is 4.99 Å². The van der Waals surface area contributed by atoms with Crippen LogP contribution in [0.5, 0.6) is 5.75 Å². The molecule has 0 N–H and O–H groups in total. The summed E-state index contributed by atoms with van der Waals surface area (Å²) >= 11 is 0. The van der Waals surface area contributed by atoms with Gasteiger partial charge in [0, 0.05) is 6.54 Å². The van der Waals surface area contributed by atoms with E-state index in [1.165, 1.54) is 12.1 Å².